The molecule has 0 aliphatic carbocycles. The van der Waals surface area contributed by atoms with Crippen molar-refractivity contribution in [2.45, 2.75) is 52.5 Å². The third-order valence-electron chi connectivity index (χ3n) is 3.92. The van der Waals surface area contributed by atoms with Crippen LogP contribution in [-0.4, -0.2) is 11.9 Å². The molecular formula is C16H26N2O. The van der Waals surface area contributed by atoms with Crippen LogP contribution in [0.2, 0.25) is 0 Å². The highest BCUT2D eigenvalue weighted by Crippen LogP contribution is 2.20. The van der Waals surface area contributed by atoms with E-state index in [-0.39, 0.29) is 11.8 Å². The summed E-state index contributed by atoms with van der Waals surface area (Å²) in [5.41, 5.74) is 8.02. The van der Waals surface area contributed by atoms with Crippen LogP contribution in [-0.2, 0) is 4.79 Å². The maximum absolute atomic E-state index is 12.0. The average Bonchev–Trinajstić information content (AvgIpc) is 2.45. The maximum atomic E-state index is 12.0. The lowest BCUT2D eigenvalue weighted by Gasteiger charge is -2.18. The number of anilines is 1. The molecule has 2 unspecified atom stereocenters. The number of nitrogens with two attached hydrogens (primary N) is 1. The fourth-order valence-electron chi connectivity index (χ4n) is 1.87. The molecule has 3 N–H and O–H groups in total. The molecule has 0 spiro atoms. The van der Waals surface area contributed by atoms with Crippen LogP contribution in [0.15, 0.2) is 24.3 Å². The number of hydrogen-bond donors (Lipinski definition) is 2. The Morgan fingerprint density at radius 2 is 1.74 bits per heavy atom. The molecule has 0 heterocycles. The van der Waals surface area contributed by atoms with Gasteiger partial charge in [-0.05, 0) is 36.0 Å². The first-order valence-electron chi connectivity index (χ1n) is 7.15. The lowest BCUT2D eigenvalue weighted by molar-refractivity contribution is -0.118. The first-order chi connectivity index (χ1) is 8.99. The van der Waals surface area contributed by atoms with Gasteiger partial charge < -0.3 is 11.1 Å². The van der Waals surface area contributed by atoms with Crippen LogP contribution in [0, 0.1) is 5.92 Å². The summed E-state index contributed by atoms with van der Waals surface area (Å²) in [4.78, 5) is 12.0. The van der Waals surface area contributed by atoms with Gasteiger partial charge in [0.1, 0.15) is 0 Å². The smallest absolute Gasteiger partial charge is 0.241 e. The highest BCUT2D eigenvalue weighted by atomic mass is 16.2. The van der Waals surface area contributed by atoms with Crippen molar-refractivity contribution in [3.8, 4) is 0 Å². The molecule has 1 aromatic rings. The maximum Gasteiger partial charge on any atom is 0.241 e. The highest BCUT2D eigenvalue weighted by molar-refractivity contribution is 5.94. The SMILES string of the molecule is CCC(C)c1ccc(NC(=O)[C@@H](N)C(C)CC)cc1. The number of carbonyl (C=O) groups is 1. The zero-order valence-electron chi connectivity index (χ0n) is 12.4. The molecule has 0 saturated heterocycles. The van der Waals surface area contributed by atoms with Crippen LogP contribution in [0.4, 0.5) is 5.69 Å². The zero-order valence-corrected chi connectivity index (χ0v) is 12.4. The van der Waals surface area contributed by atoms with Crippen LogP contribution in [0.1, 0.15) is 52.0 Å². The van der Waals surface area contributed by atoms with E-state index in [2.05, 4.69) is 31.3 Å². The van der Waals surface area contributed by atoms with E-state index in [0.717, 1.165) is 18.5 Å². The summed E-state index contributed by atoms with van der Waals surface area (Å²) in [6.07, 6.45) is 2.02. The Labute approximate surface area is 116 Å². The summed E-state index contributed by atoms with van der Waals surface area (Å²) >= 11 is 0. The summed E-state index contributed by atoms with van der Waals surface area (Å²) in [7, 11) is 0. The van der Waals surface area contributed by atoms with Crippen molar-refractivity contribution in [3.05, 3.63) is 29.8 Å². The standard InChI is InChI=1S/C16H26N2O/c1-5-11(3)13-7-9-14(10-8-13)18-16(19)15(17)12(4)6-2/h7-12,15H,5-6,17H2,1-4H3,(H,18,19)/t11?,12?,15-/m0/s1. The quantitative estimate of drug-likeness (QED) is 0.824. The number of hydrogen-bond acceptors (Lipinski definition) is 2. The molecule has 3 nitrogen and oxygen atoms in total. The summed E-state index contributed by atoms with van der Waals surface area (Å²) in [6.45, 7) is 8.41. The molecule has 3 heteroatoms. The fourth-order valence-corrected chi connectivity index (χ4v) is 1.87. The van der Waals surface area contributed by atoms with Crippen molar-refractivity contribution >= 4 is 11.6 Å². The predicted octanol–water partition coefficient (Wildman–Crippen LogP) is 3.51. The predicted molar refractivity (Wildman–Crippen MR) is 81.2 cm³/mol. The summed E-state index contributed by atoms with van der Waals surface area (Å²) < 4.78 is 0. The van der Waals surface area contributed by atoms with Gasteiger partial charge in [0, 0.05) is 5.69 Å². The number of nitrogens with one attached hydrogen (secondary N) is 1. The Balaban J connectivity index is 2.65. The molecule has 3 atom stereocenters. The molecule has 1 amide bonds. The van der Waals surface area contributed by atoms with E-state index in [0.29, 0.717) is 5.92 Å². The van der Waals surface area contributed by atoms with Gasteiger partial charge in [-0.2, -0.15) is 0 Å². The second-order valence-corrected chi connectivity index (χ2v) is 5.33. The van der Waals surface area contributed by atoms with Crippen molar-refractivity contribution in [2.24, 2.45) is 11.7 Å². The first-order valence-corrected chi connectivity index (χ1v) is 7.15. The Morgan fingerprint density at radius 1 is 1.16 bits per heavy atom. The van der Waals surface area contributed by atoms with Gasteiger partial charge in [-0.25, -0.2) is 0 Å². The summed E-state index contributed by atoms with van der Waals surface area (Å²) in [6, 6.07) is 7.59. The minimum atomic E-state index is -0.445. The highest BCUT2D eigenvalue weighted by Gasteiger charge is 2.19. The minimum absolute atomic E-state index is 0.106. The van der Waals surface area contributed by atoms with Crippen molar-refractivity contribution < 1.29 is 4.79 Å². The monoisotopic (exact) mass is 262 g/mol. The molecule has 106 valence electrons. The lowest BCUT2D eigenvalue weighted by Crippen LogP contribution is -2.40. The summed E-state index contributed by atoms with van der Waals surface area (Å²) in [5.74, 6) is 0.636. The topological polar surface area (TPSA) is 55.1 Å². The van der Waals surface area contributed by atoms with E-state index in [9.17, 15) is 4.79 Å². The van der Waals surface area contributed by atoms with Crippen molar-refractivity contribution in [1.29, 1.82) is 0 Å². The van der Waals surface area contributed by atoms with Gasteiger partial charge in [0.05, 0.1) is 6.04 Å². The van der Waals surface area contributed by atoms with Crippen LogP contribution in [0.25, 0.3) is 0 Å². The third-order valence-corrected chi connectivity index (χ3v) is 3.92. The van der Waals surface area contributed by atoms with Crippen LogP contribution in [0.3, 0.4) is 0 Å². The Hall–Kier alpha value is -1.35. The number of carbonyl (C=O) groups excluding carboxylic acids is 1. The van der Waals surface area contributed by atoms with Gasteiger partial charge in [-0.15, -0.1) is 0 Å². The van der Waals surface area contributed by atoms with Crippen LogP contribution in [0.5, 0.6) is 0 Å². The van der Waals surface area contributed by atoms with Gasteiger partial charge in [0.25, 0.3) is 0 Å². The first kappa shape index (κ1) is 15.7. The van der Waals surface area contributed by atoms with Gasteiger partial charge in [-0.3, -0.25) is 4.79 Å². The van der Waals surface area contributed by atoms with E-state index in [1.165, 1.54) is 5.56 Å². The van der Waals surface area contributed by atoms with E-state index in [4.69, 9.17) is 5.73 Å². The molecule has 0 aliphatic rings. The Morgan fingerprint density at radius 3 is 2.21 bits per heavy atom. The molecule has 0 aliphatic heterocycles. The third kappa shape index (κ3) is 4.35. The molecular weight excluding hydrogens is 236 g/mol. The molecule has 0 radical (unpaired) electrons. The van der Waals surface area contributed by atoms with Crippen molar-refractivity contribution in [3.63, 3.8) is 0 Å². The van der Waals surface area contributed by atoms with E-state index < -0.39 is 6.04 Å². The van der Waals surface area contributed by atoms with Gasteiger partial charge in [0.15, 0.2) is 0 Å². The summed E-state index contributed by atoms with van der Waals surface area (Å²) in [5, 5.41) is 2.88. The molecule has 0 saturated carbocycles. The van der Waals surface area contributed by atoms with Crippen LogP contribution >= 0.6 is 0 Å². The normalized spacial score (nSPS) is 15.6. The number of amides is 1. The number of benzene rings is 1. The van der Waals surface area contributed by atoms with Gasteiger partial charge in [0.2, 0.25) is 5.91 Å². The second kappa shape index (κ2) is 7.29. The molecule has 1 rings (SSSR count). The van der Waals surface area contributed by atoms with Crippen LogP contribution < -0.4 is 11.1 Å². The number of rotatable bonds is 6. The fraction of sp³-hybridized carbons (Fsp3) is 0.562. The molecule has 0 bridgehead atoms. The van der Waals surface area contributed by atoms with Crippen molar-refractivity contribution in [2.75, 3.05) is 5.32 Å². The lowest BCUT2D eigenvalue weighted by atomic mass is 9.98. The van der Waals surface area contributed by atoms with Gasteiger partial charge in [-0.1, -0.05) is 46.2 Å². The second-order valence-electron chi connectivity index (χ2n) is 5.33. The molecule has 19 heavy (non-hydrogen) atoms. The minimum Gasteiger partial charge on any atom is -0.325 e. The van der Waals surface area contributed by atoms with E-state index in [1.54, 1.807) is 0 Å². The molecule has 0 aromatic heterocycles. The zero-order chi connectivity index (χ0) is 14.4. The molecule has 1 aromatic carbocycles. The van der Waals surface area contributed by atoms with E-state index in [1.807, 2.05) is 26.0 Å². The van der Waals surface area contributed by atoms with Crippen molar-refractivity contribution in [1.82, 2.24) is 0 Å². The van der Waals surface area contributed by atoms with Gasteiger partial charge >= 0.3 is 0 Å². The average molecular weight is 262 g/mol. The Bertz CT molecular complexity index is 400. The van der Waals surface area contributed by atoms with E-state index >= 15 is 0 Å². The molecule has 0 fully saturated rings. The Kier molecular flexibility index (Phi) is 6.03. The largest absolute Gasteiger partial charge is 0.325 e.